The van der Waals surface area contributed by atoms with Gasteiger partial charge in [0.2, 0.25) is 0 Å². The van der Waals surface area contributed by atoms with Crippen LogP contribution < -0.4 is 0 Å². The van der Waals surface area contributed by atoms with Crippen molar-refractivity contribution in [1.82, 2.24) is 39.0 Å². The summed E-state index contributed by atoms with van der Waals surface area (Å²) in [6.45, 7) is 26.1. The second-order valence-electron chi connectivity index (χ2n) is 16.4. The Morgan fingerprint density at radius 1 is 0.400 bits per heavy atom. The molecule has 0 spiro atoms. The van der Waals surface area contributed by atoms with Crippen LogP contribution in [0.25, 0.3) is 110 Å². The van der Waals surface area contributed by atoms with Gasteiger partial charge in [-0.25, -0.2) is 39.6 Å². The van der Waals surface area contributed by atoms with Crippen molar-refractivity contribution in [2.24, 2.45) is 0 Å². The fourth-order valence-electron chi connectivity index (χ4n) is 9.35. The highest BCUT2D eigenvalue weighted by molar-refractivity contribution is 6.12. The predicted octanol–water partition coefficient (Wildman–Crippen LogP) is 13.6. The van der Waals surface area contributed by atoms with Gasteiger partial charge in [-0.15, -0.1) is 0 Å². The normalized spacial score (nSPS) is 11.4. The molecule has 0 bridgehead atoms. The number of benzene rings is 7. The van der Waals surface area contributed by atoms with Gasteiger partial charge in [-0.3, -0.25) is 0 Å². The van der Waals surface area contributed by atoms with Gasteiger partial charge in [0.1, 0.15) is 23.3 Å². The summed E-state index contributed by atoms with van der Waals surface area (Å²) in [6.07, 6.45) is 0. The molecule has 7 aromatic carbocycles. The van der Waals surface area contributed by atoms with Crippen molar-refractivity contribution in [2.45, 2.75) is 34.6 Å². The third-order valence-electron chi connectivity index (χ3n) is 12.0. The Labute approximate surface area is 374 Å². The number of rotatable bonds is 6. The van der Waals surface area contributed by atoms with Crippen LogP contribution in [0.1, 0.15) is 28.9 Å². The second kappa shape index (κ2) is 15.2. The molecule has 65 heavy (non-hydrogen) atoms. The molecule has 0 amide bonds. The zero-order valence-electron chi connectivity index (χ0n) is 36.3. The molecule has 0 aliphatic carbocycles. The lowest BCUT2D eigenvalue weighted by atomic mass is 9.91. The summed E-state index contributed by atoms with van der Waals surface area (Å²) in [5.41, 5.74) is 13.2. The van der Waals surface area contributed by atoms with Crippen molar-refractivity contribution < 1.29 is 0 Å². The molecule has 10 heteroatoms. The van der Waals surface area contributed by atoms with Crippen LogP contribution in [0.4, 0.5) is 11.4 Å². The van der Waals surface area contributed by atoms with E-state index in [-0.39, 0.29) is 0 Å². The largest absolute Gasteiger partial charge is 0.309 e. The molecule has 308 valence electrons. The van der Waals surface area contributed by atoms with Gasteiger partial charge < -0.3 is 9.13 Å². The topological polar surface area (TPSA) is 95.9 Å². The summed E-state index contributed by atoms with van der Waals surface area (Å²) < 4.78 is 4.58. The molecular formula is C55H38N10. The van der Waals surface area contributed by atoms with E-state index >= 15 is 0 Å². The SMILES string of the molecule is [C-]#[N+]c1ccc(-n2c3ccccc3c3cc(-c4nc(C)nc(C)n4)ccc32)c(-c2cc(-n3c4ccccc4c4cc(-c5nc(C)nc(C)n5)ccc43)ccc2-c2ccc(C)cc2[N+]#[C-])c1. The molecule has 0 fully saturated rings. The van der Waals surface area contributed by atoms with E-state index in [4.69, 9.17) is 23.1 Å². The number of nitrogens with zero attached hydrogens (tertiary/aromatic N) is 10. The van der Waals surface area contributed by atoms with Gasteiger partial charge in [-0.2, -0.15) is 0 Å². The summed E-state index contributed by atoms with van der Waals surface area (Å²) in [5.74, 6) is 3.96. The Morgan fingerprint density at radius 2 is 0.938 bits per heavy atom. The van der Waals surface area contributed by atoms with E-state index in [1.165, 1.54) is 0 Å². The first kappa shape index (κ1) is 39.0. The van der Waals surface area contributed by atoms with Crippen LogP contribution in [0.15, 0.2) is 140 Å². The Hall–Kier alpha value is -8.86. The number of aromatic nitrogens is 8. The van der Waals surface area contributed by atoms with Gasteiger partial charge in [0.15, 0.2) is 23.0 Å². The molecule has 11 aromatic rings. The smallest absolute Gasteiger partial charge is 0.195 e. The second-order valence-corrected chi connectivity index (χ2v) is 16.4. The maximum atomic E-state index is 8.30. The molecule has 0 atom stereocenters. The van der Waals surface area contributed by atoms with Crippen LogP contribution >= 0.6 is 0 Å². The Morgan fingerprint density at radius 3 is 1.52 bits per heavy atom. The summed E-state index contributed by atoms with van der Waals surface area (Å²) in [4.78, 5) is 35.6. The highest BCUT2D eigenvalue weighted by Crippen LogP contribution is 2.45. The quantitative estimate of drug-likeness (QED) is 0.155. The van der Waals surface area contributed by atoms with Gasteiger partial charge in [0.05, 0.1) is 40.9 Å². The van der Waals surface area contributed by atoms with E-state index in [0.717, 1.165) is 93.9 Å². The fraction of sp³-hybridized carbons (Fsp3) is 0.0909. The number of fused-ring (bicyclic) bond motifs is 6. The van der Waals surface area contributed by atoms with Gasteiger partial charge in [0, 0.05) is 38.4 Å². The van der Waals surface area contributed by atoms with Crippen molar-refractivity contribution in [3.8, 4) is 56.4 Å². The van der Waals surface area contributed by atoms with Gasteiger partial charge >= 0.3 is 0 Å². The minimum atomic E-state index is 0.506. The number of hydrogen-bond acceptors (Lipinski definition) is 6. The molecule has 10 nitrogen and oxygen atoms in total. The van der Waals surface area contributed by atoms with Crippen molar-refractivity contribution >= 4 is 55.0 Å². The molecule has 0 saturated heterocycles. The predicted molar refractivity (Wildman–Crippen MR) is 260 cm³/mol. The molecule has 0 aliphatic rings. The minimum Gasteiger partial charge on any atom is -0.309 e. The standard InChI is InChI=1S/C55H38N10/c1-31-16-21-41(48(26-31)57-7)40-22-20-39(64-49-14-10-8-12-42(49)45-27-36(17-23-51(45)64)54-60-32(2)58-33(3)61-54)30-44(40)47-29-38(56-6)19-25-53(47)65-50-15-11-9-13-43(50)46-28-37(18-24-52(46)65)55-62-34(4)59-35(5)63-55/h8-30H,1-5H3. The van der Waals surface area contributed by atoms with E-state index in [9.17, 15) is 0 Å². The average molecular weight is 839 g/mol. The highest BCUT2D eigenvalue weighted by Gasteiger charge is 2.23. The van der Waals surface area contributed by atoms with Gasteiger partial charge in [-0.1, -0.05) is 72.3 Å². The Balaban J connectivity index is 1.19. The van der Waals surface area contributed by atoms with E-state index in [1.807, 2.05) is 58.9 Å². The van der Waals surface area contributed by atoms with Crippen LogP contribution in [0.2, 0.25) is 0 Å². The summed E-state index contributed by atoms with van der Waals surface area (Å²) in [6, 6.07) is 48.0. The van der Waals surface area contributed by atoms with Crippen LogP contribution in [-0.2, 0) is 0 Å². The number of aryl methyl sites for hydroxylation is 5. The lowest BCUT2D eigenvalue weighted by Crippen LogP contribution is -2.01. The van der Waals surface area contributed by atoms with Gasteiger partial charge in [-0.05, 0) is 130 Å². The number of para-hydroxylation sites is 2. The average Bonchev–Trinajstić information content (AvgIpc) is 3.82. The summed E-state index contributed by atoms with van der Waals surface area (Å²) in [5, 5.41) is 4.27. The minimum absolute atomic E-state index is 0.506. The van der Waals surface area contributed by atoms with Crippen LogP contribution in [0.5, 0.6) is 0 Å². The molecule has 4 heterocycles. The molecule has 11 rings (SSSR count). The zero-order chi connectivity index (χ0) is 44.5. The first-order chi connectivity index (χ1) is 31.6. The van der Waals surface area contributed by atoms with Crippen molar-refractivity contribution in [3.05, 3.63) is 191 Å². The van der Waals surface area contributed by atoms with Gasteiger partial charge in [0.25, 0.3) is 0 Å². The maximum absolute atomic E-state index is 8.30. The van der Waals surface area contributed by atoms with E-state index < -0.39 is 0 Å². The summed E-state index contributed by atoms with van der Waals surface area (Å²) in [7, 11) is 0. The van der Waals surface area contributed by atoms with E-state index in [2.05, 4.69) is 154 Å². The van der Waals surface area contributed by atoms with Crippen molar-refractivity contribution in [2.75, 3.05) is 0 Å². The maximum Gasteiger partial charge on any atom is 0.195 e. The zero-order valence-corrected chi connectivity index (χ0v) is 36.3. The van der Waals surface area contributed by atoms with Crippen LogP contribution in [-0.4, -0.2) is 39.0 Å². The number of hydrogen-bond donors (Lipinski definition) is 0. The molecule has 0 N–H and O–H groups in total. The first-order valence-electron chi connectivity index (χ1n) is 21.3. The van der Waals surface area contributed by atoms with Crippen molar-refractivity contribution in [3.63, 3.8) is 0 Å². The van der Waals surface area contributed by atoms with Crippen LogP contribution in [0, 0.1) is 47.8 Å². The molecule has 0 radical (unpaired) electrons. The third-order valence-corrected chi connectivity index (χ3v) is 12.0. The Kier molecular flexibility index (Phi) is 9.12. The molecule has 0 aliphatic heterocycles. The monoisotopic (exact) mass is 838 g/mol. The molecule has 4 aromatic heterocycles. The fourth-order valence-corrected chi connectivity index (χ4v) is 9.35. The van der Waals surface area contributed by atoms with E-state index in [1.54, 1.807) is 0 Å². The first-order valence-corrected chi connectivity index (χ1v) is 21.3. The molecule has 0 unspecified atom stereocenters. The lowest BCUT2D eigenvalue weighted by Gasteiger charge is -2.20. The molecule has 0 saturated carbocycles. The molecular weight excluding hydrogens is 801 g/mol. The van der Waals surface area contributed by atoms with E-state index in [0.29, 0.717) is 46.3 Å². The Bertz CT molecular complexity index is 3840. The van der Waals surface area contributed by atoms with Crippen molar-refractivity contribution in [1.29, 1.82) is 0 Å². The highest BCUT2D eigenvalue weighted by atomic mass is 15.0. The van der Waals surface area contributed by atoms with Crippen LogP contribution in [0.3, 0.4) is 0 Å². The summed E-state index contributed by atoms with van der Waals surface area (Å²) >= 11 is 0. The lowest BCUT2D eigenvalue weighted by molar-refractivity contribution is 0.928. The third kappa shape index (κ3) is 6.55.